The molecule has 1 rings (SSSR count). The molecule has 1 N–H and O–H groups in total. The first-order chi connectivity index (χ1) is 8.77. The van der Waals surface area contributed by atoms with Crippen molar-refractivity contribution in [1.29, 1.82) is 0 Å². The van der Waals surface area contributed by atoms with E-state index in [-0.39, 0.29) is 0 Å². The first-order valence-corrected chi connectivity index (χ1v) is 7.16. The summed E-state index contributed by atoms with van der Waals surface area (Å²) in [6, 6.07) is 4.27. The molecule has 0 fully saturated rings. The van der Waals surface area contributed by atoms with Crippen molar-refractivity contribution in [1.82, 2.24) is 10.2 Å². The summed E-state index contributed by atoms with van der Waals surface area (Å²) in [6.45, 7) is 5.29. The topological polar surface area (TPSA) is 36.9 Å². The fourth-order valence-electron chi connectivity index (χ4n) is 1.55. The predicted octanol–water partition coefficient (Wildman–Crippen LogP) is 1.83. The van der Waals surface area contributed by atoms with E-state index in [0.717, 1.165) is 25.5 Å². The highest BCUT2D eigenvalue weighted by molar-refractivity contribution is 7.09. The van der Waals surface area contributed by atoms with Gasteiger partial charge in [-0.2, -0.15) is 0 Å². The molecule has 0 saturated heterocycles. The molecule has 0 radical (unpaired) electrons. The zero-order valence-corrected chi connectivity index (χ0v) is 12.3. The van der Waals surface area contributed by atoms with Crippen molar-refractivity contribution in [2.75, 3.05) is 40.4 Å². The highest BCUT2D eigenvalue weighted by Crippen LogP contribution is 2.09. The van der Waals surface area contributed by atoms with Crippen LogP contribution in [0.1, 0.15) is 11.8 Å². The van der Waals surface area contributed by atoms with Gasteiger partial charge in [0.15, 0.2) is 5.96 Å². The van der Waals surface area contributed by atoms with E-state index in [1.54, 1.807) is 18.4 Å². The van der Waals surface area contributed by atoms with Gasteiger partial charge in [0.25, 0.3) is 0 Å². The second-order valence-electron chi connectivity index (χ2n) is 3.98. The number of nitrogens with zero attached hydrogens (tertiary/aromatic N) is 2. The summed E-state index contributed by atoms with van der Waals surface area (Å²) in [5, 5.41) is 5.41. The van der Waals surface area contributed by atoms with Crippen LogP contribution in [0.25, 0.3) is 0 Å². The molecule has 0 aromatic carbocycles. The first-order valence-electron chi connectivity index (χ1n) is 6.28. The van der Waals surface area contributed by atoms with Crippen LogP contribution in [0.4, 0.5) is 0 Å². The Hall–Kier alpha value is -1.07. The van der Waals surface area contributed by atoms with E-state index in [9.17, 15) is 0 Å². The van der Waals surface area contributed by atoms with Gasteiger partial charge in [-0.25, -0.2) is 0 Å². The standard InChI is InChI=1S/C13H23N3OS/c1-4-14-13(15-8-10-17-3)16(2)9-7-12-6-5-11-18-12/h5-6,11H,4,7-10H2,1-3H3,(H,14,15). The van der Waals surface area contributed by atoms with E-state index < -0.39 is 0 Å². The van der Waals surface area contributed by atoms with Gasteiger partial charge >= 0.3 is 0 Å². The van der Waals surface area contributed by atoms with Crippen LogP contribution in [0, 0.1) is 0 Å². The molecular formula is C13H23N3OS. The summed E-state index contributed by atoms with van der Waals surface area (Å²) in [6.07, 6.45) is 1.06. The summed E-state index contributed by atoms with van der Waals surface area (Å²) >= 11 is 1.80. The lowest BCUT2D eigenvalue weighted by Crippen LogP contribution is -2.40. The molecule has 0 spiro atoms. The molecular weight excluding hydrogens is 246 g/mol. The van der Waals surface area contributed by atoms with Crippen molar-refractivity contribution in [2.45, 2.75) is 13.3 Å². The Morgan fingerprint density at radius 2 is 2.39 bits per heavy atom. The van der Waals surface area contributed by atoms with Gasteiger partial charge in [-0.05, 0) is 24.8 Å². The number of aliphatic imine (C=N–C) groups is 1. The van der Waals surface area contributed by atoms with Crippen LogP contribution in [0.2, 0.25) is 0 Å². The van der Waals surface area contributed by atoms with Crippen molar-refractivity contribution in [3.8, 4) is 0 Å². The predicted molar refractivity (Wildman–Crippen MR) is 78.5 cm³/mol. The van der Waals surface area contributed by atoms with Crippen LogP contribution < -0.4 is 5.32 Å². The minimum Gasteiger partial charge on any atom is -0.383 e. The first kappa shape index (κ1) is 15.0. The third-order valence-electron chi connectivity index (χ3n) is 2.53. The minimum atomic E-state index is 0.660. The highest BCUT2D eigenvalue weighted by atomic mass is 32.1. The number of likely N-dealkylation sites (N-methyl/N-ethyl adjacent to an activating group) is 1. The fourth-order valence-corrected chi connectivity index (χ4v) is 2.25. The lowest BCUT2D eigenvalue weighted by molar-refractivity contribution is 0.207. The molecule has 0 saturated carbocycles. The molecule has 0 unspecified atom stereocenters. The smallest absolute Gasteiger partial charge is 0.193 e. The summed E-state index contributed by atoms with van der Waals surface area (Å²) in [4.78, 5) is 8.09. The van der Waals surface area contributed by atoms with Crippen LogP contribution in [-0.4, -0.2) is 51.3 Å². The number of methoxy groups -OCH3 is 1. The van der Waals surface area contributed by atoms with Crippen molar-refractivity contribution < 1.29 is 4.74 Å². The van der Waals surface area contributed by atoms with Crippen LogP contribution in [0.5, 0.6) is 0 Å². The van der Waals surface area contributed by atoms with Gasteiger partial charge in [0.1, 0.15) is 0 Å². The van der Waals surface area contributed by atoms with E-state index in [0.29, 0.717) is 13.2 Å². The minimum absolute atomic E-state index is 0.660. The molecule has 1 aromatic heterocycles. The summed E-state index contributed by atoms with van der Waals surface area (Å²) in [7, 11) is 3.77. The molecule has 1 aromatic rings. The van der Waals surface area contributed by atoms with Crippen molar-refractivity contribution in [2.24, 2.45) is 4.99 Å². The average Bonchev–Trinajstić information content (AvgIpc) is 2.88. The van der Waals surface area contributed by atoms with E-state index in [1.165, 1.54) is 4.88 Å². The molecule has 0 aliphatic heterocycles. The van der Waals surface area contributed by atoms with Gasteiger partial charge in [0.05, 0.1) is 13.2 Å². The highest BCUT2D eigenvalue weighted by Gasteiger charge is 2.05. The largest absolute Gasteiger partial charge is 0.383 e. The maximum absolute atomic E-state index is 5.02. The molecule has 1 heterocycles. The molecule has 0 amide bonds. The van der Waals surface area contributed by atoms with Crippen molar-refractivity contribution >= 4 is 17.3 Å². The van der Waals surface area contributed by atoms with E-state index in [4.69, 9.17) is 4.74 Å². The Kier molecular flexibility index (Phi) is 7.44. The van der Waals surface area contributed by atoms with E-state index in [2.05, 4.69) is 46.7 Å². The number of rotatable bonds is 7. The Bertz CT molecular complexity index is 338. The van der Waals surface area contributed by atoms with Gasteiger partial charge < -0.3 is 15.0 Å². The second kappa shape index (κ2) is 8.94. The zero-order chi connectivity index (χ0) is 13.2. The number of guanidine groups is 1. The van der Waals surface area contributed by atoms with E-state index in [1.807, 2.05) is 0 Å². The fraction of sp³-hybridized carbons (Fsp3) is 0.615. The molecule has 102 valence electrons. The molecule has 4 nitrogen and oxygen atoms in total. The maximum atomic E-state index is 5.02. The van der Waals surface area contributed by atoms with Gasteiger partial charge in [-0.15, -0.1) is 11.3 Å². The molecule has 18 heavy (non-hydrogen) atoms. The molecule has 5 heteroatoms. The molecule has 0 atom stereocenters. The normalized spacial score (nSPS) is 11.6. The van der Waals surface area contributed by atoms with Crippen LogP contribution in [0.3, 0.4) is 0 Å². The zero-order valence-electron chi connectivity index (χ0n) is 11.5. The third kappa shape index (κ3) is 5.51. The number of hydrogen-bond donors (Lipinski definition) is 1. The van der Waals surface area contributed by atoms with Crippen LogP contribution in [0.15, 0.2) is 22.5 Å². The van der Waals surface area contributed by atoms with Gasteiger partial charge in [-0.3, -0.25) is 4.99 Å². The lowest BCUT2D eigenvalue weighted by Gasteiger charge is -2.21. The maximum Gasteiger partial charge on any atom is 0.193 e. The van der Waals surface area contributed by atoms with E-state index >= 15 is 0 Å². The van der Waals surface area contributed by atoms with Crippen LogP contribution in [-0.2, 0) is 11.2 Å². The summed E-state index contributed by atoms with van der Waals surface area (Å²) in [5.74, 6) is 0.950. The van der Waals surface area contributed by atoms with Crippen molar-refractivity contribution in [3.63, 3.8) is 0 Å². The Morgan fingerprint density at radius 1 is 1.56 bits per heavy atom. The van der Waals surface area contributed by atoms with Crippen LogP contribution >= 0.6 is 11.3 Å². The number of hydrogen-bond acceptors (Lipinski definition) is 3. The molecule has 0 bridgehead atoms. The third-order valence-corrected chi connectivity index (χ3v) is 3.46. The summed E-state index contributed by atoms with van der Waals surface area (Å²) in [5.41, 5.74) is 0. The number of thiophene rings is 1. The van der Waals surface area contributed by atoms with Gasteiger partial charge in [0.2, 0.25) is 0 Å². The van der Waals surface area contributed by atoms with Gasteiger partial charge in [0, 0.05) is 32.1 Å². The SMILES string of the molecule is CCNC(=NCCOC)N(C)CCc1cccs1. The number of ether oxygens (including phenoxy) is 1. The molecule has 0 aliphatic rings. The second-order valence-corrected chi connectivity index (χ2v) is 5.01. The quantitative estimate of drug-likeness (QED) is 0.466. The average molecular weight is 269 g/mol. The Balaban J connectivity index is 2.42. The molecule has 0 aliphatic carbocycles. The lowest BCUT2D eigenvalue weighted by atomic mass is 10.3. The Morgan fingerprint density at radius 3 is 3.00 bits per heavy atom. The van der Waals surface area contributed by atoms with Gasteiger partial charge in [-0.1, -0.05) is 6.07 Å². The Labute approximate surface area is 114 Å². The van der Waals surface area contributed by atoms with Crippen molar-refractivity contribution in [3.05, 3.63) is 22.4 Å². The monoisotopic (exact) mass is 269 g/mol. The summed E-state index contributed by atoms with van der Waals surface area (Å²) < 4.78 is 5.02. The number of nitrogens with one attached hydrogen (secondary N) is 1.